The highest BCUT2D eigenvalue weighted by Crippen LogP contribution is 2.32. The van der Waals surface area contributed by atoms with Crippen LogP contribution in [0, 0.1) is 11.8 Å². The van der Waals surface area contributed by atoms with Gasteiger partial charge in [0.15, 0.2) is 11.5 Å². The minimum atomic E-state index is -1.65. The molecule has 1 unspecified atom stereocenters. The number of esters is 1. The maximum atomic E-state index is 12.7. The molecular weight excluding hydrogens is 562 g/mol. The summed E-state index contributed by atoms with van der Waals surface area (Å²) in [7, 11) is 1.18. The Morgan fingerprint density at radius 2 is 1.30 bits per heavy atom. The average Bonchev–Trinajstić information content (AvgIpc) is 2.94. The van der Waals surface area contributed by atoms with Crippen LogP contribution < -0.4 is 19.9 Å². The molecule has 0 fully saturated rings. The predicted molar refractivity (Wildman–Crippen MR) is 155 cm³/mol. The highest BCUT2D eigenvalue weighted by Gasteiger charge is 2.36. The molecule has 2 rings (SSSR count). The molecule has 0 aliphatic rings. The molecule has 0 spiro atoms. The molecule has 2 aromatic carbocycles. The topological polar surface area (TPSA) is 159 Å². The second-order valence-corrected chi connectivity index (χ2v) is 10.7. The molecule has 0 saturated heterocycles. The van der Waals surface area contributed by atoms with Crippen LogP contribution in [0.15, 0.2) is 48.5 Å². The summed E-state index contributed by atoms with van der Waals surface area (Å²) in [5.41, 5.74) is 5.19. The zero-order chi connectivity index (χ0) is 32.2. The van der Waals surface area contributed by atoms with E-state index in [0.29, 0.717) is 5.56 Å². The largest absolute Gasteiger partial charge is 0.514 e. The van der Waals surface area contributed by atoms with Gasteiger partial charge < -0.3 is 38.9 Å². The Labute approximate surface area is 251 Å². The fraction of sp³-hybridized carbons (Fsp3) is 0.484. The zero-order valence-electron chi connectivity index (χ0n) is 25.6. The van der Waals surface area contributed by atoms with Gasteiger partial charge in [-0.2, -0.15) is 0 Å². The van der Waals surface area contributed by atoms with Gasteiger partial charge in [0, 0.05) is 12.8 Å². The summed E-state index contributed by atoms with van der Waals surface area (Å²) < 4.78 is 36.4. The Morgan fingerprint density at radius 3 is 1.84 bits per heavy atom. The third-order valence-corrected chi connectivity index (χ3v) is 6.66. The monoisotopic (exact) mass is 603 g/mol. The molecule has 0 bridgehead atoms. The molecule has 0 saturated carbocycles. The number of ether oxygens (including phenoxy) is 7. The molecule has 0 aromatic heterocycles. The summed E-state index contributed by atoms with van der Waals surface area (Å²) in [4.78, 5) is 49.7. The van der Waals surface area contributed by atoms with E-state index in [1.165, 1.54) is 25.3 Å². The Morgan fingerprint density at radius 1 is 0.744 bits per heavy atom. The molecule has 12 heteroatoms. The SMILES string of the molecule is COC(=O)[C@@](N)(CCOC(=O)Oc1ccccc1)Cc1ccc(OC(=O)O[C@@H](C)C(C)C)c(OC(=O)OC(C)C(C)C)c1. The molecule has 0 aliphatic carbocycles. The van der Waals surface area contributed by atoms with Gasteiger partial charge >= 0.3 is 24.4 Å². The predicted octanol–water partition coefficient (Wildman–Crippen LogP) is 5.83. The normalized spacial score (nSPS) is 13.7. The lowest BCUT2D eigenvalue weighted by Gasteiger charge is -2.26. The van der Waals surface area contributed by atoms with Crippen molar-refractivity contribution in [2.75, 3.05) is 13.7 Å². The van der Waals surface area contributed by atoms with Crippen molar-refractivity contribution in [1.29, 1.82) is 0 Å². The minimum absolute atomic E-state index is 0.0206. The van der Waals surface area contributed by atoms with E-state index in [0.717, 1.165) is 0 Å². The summed E-state index contributed by atoms with van der Waals surface area (Å²) in [5, 5.41) is 0. The first-order chi connectivity index (χ1) is 20.2. The molecule has 236 valence electrons. The van der Waals surface area contributed by atoms with E-state index in [9.17, 15) is 19.2 Å². The molecule has 2 aromatic rings. The number of methoxy groups -OCH3 is 1. The van der Waals surface area contributed by atoms with Crippen molar-refractivity contribution < 1.29 is 52.3 Å². The molecule has 0 heterocycles. The minimum Gasteiger partial charge on any atom is -0.468 e. The highest BCUT2D eigenvalue weighted by atomic mass is 16.8. The van der Waals surface area contributed by atoms with Gasteiger partial charge in [-0.3, -0.25) is 4.79 Å². The number of nitrogens with two attached hydrogens (primary N) is 1. The number of para-hydroxylation sites is 1. The van der Waals surface area contributed by atoms with E-state index in [1.54, 1.807) is 44.2 Å². The third-order valence-electron chi connectivity index (χ3n) is 6.66. The van der Waals surface area contributed by atoms with Crippen LogP contribution in [0.5, 0.6) is 17.2 Å². The second-order valence-electron chi connectivity index (χ2n) is 10.7. The molecule has 3 atom stereocenters. The molecule has 0 amide bonds. The van der Waals surface area contributed by atoms with Crippen molar-refractivity contribution in [3.8, 4) is 17.2 Å². The standard InChI is InChI=1S/C31H41NO11/c1-19(2)21(5)39-29(35)42-25-14-13-23(17-26(25)43-30(36)40-22(6)20(3)4)18-31(32,27(33)37-7)15-16-38-28(34)41-24-11-9-8-10-12-24/h8-14,17,19-22H,15-16,18,32H2,1-7H3/t21-,22?,31+/m0/s1. The van der Waals surface area contributed by atoms with Gasteiger partial charge in [-0.15, -0.1) is 0 Å². The van der Waals surface area contributed by atoms with Crippen LogP contribution in [0.4, 0.5) is 14.4 Å². The molecular formula is C31H41NO11. The fourth-order valence-electron chi connectivity index (χ4n) is 3.39. The van der Waals surface area contributed by atoms with Crippen LogP contribution in [0.2, 0.25) is 0 Å². The summed E-state index contributed by atoms with van der Waals surface area (Å²) in [6.45, 7) is 10.7. The van der Waals surface area contributed by atoms with Crippen molar-refractivity contribution >= 4 is 24.4 Å². The van der Waals surface area contributed by atoms with Gasteiger partial charge in [0.05, 0.1) is 13.7 Å². The number of carbonyl (C=O) groups is 4. The Kier molecular flexibility index (Phi) is 13.3. The van der Waals surface area contributed by atoms with E-state index in [1.807, 2.05) is 27.7 Å². The number of rotatable bonds is 13. The third kappa shape index (κ3) is 11.5. The summed E-state index contributed by atoms with van der Waals surface area (Å²) >= 11 is 0. The summed E-state index contributed by atoms with van der Waals surface area (Å²) in [5.74, 6) is -0.704. The van der Waals surface area contributed by atoms with Crippen molar-refractivity contribution in [2.24, 2.45) is 17.6 Å². The zero-order valence-corrected chi connectivity index (χ0v) is 25.6. The van der Waals surface area contributed by atoms with Crippen molar-refractivity contribution in [3.05, 3.63) is 54.1 Å². The summed E-state index contributed by atoms with van der Waals surface area (Å²) in [6.07, 6.45) is -4.14. The van der Waals surface area contributed by atoms with Crippen LogP contribution in [-0.2, 0) is 30.2 Å². The van der Waals surface area contributed by atoms with E-state index in [2.05, 4.69) is 0 Å². The van der Waals surface area contributed by atoms with Crippen molar-refractivity contribution in [1.82, 2.24) is 0 Å². The smallest absolute Gasteiger partial charge is 0.468 e. The molecule has 43 heavy (non-hydrogen) atoms. The van der Waals surface area contributed by atoms with E-state index in [4.69, 9.17) is 38.9 Å². The first kappa shape index (κ1) is 34.9. The fourth-order valence-corrected chi connectivity index (χ4v) is 3.39. The van der Waals surface area contributed by atoms with Crippen molar-refractivity contribution in [3.63, 3.8) is 0 Å². The number of hydrogen-bond acceptors (Lipinski definition) is 12. The van der Waals surface area contributed by atoms with E-state index in [-0.39, 0.29) is 48.5 Å². The molecule has 0 radical (unpaired) electrons. The van der Waals surface area contributed by atoms with Gasteiger partial charge in [0.1, 0.15) is 23.5 Å². The maximum absolute atomic E-state index is 12.7. The number of hydrogen-bond donors (Lipinski definition) is 1. The Bertz CT molecular complexity index is 1230. The first-order valence-corrected chi connectivity index (χ1v) is 13.9. The Balaban J connectivity index is 2.24. The quantitative estimate of drug-likeness (QED) is 0.166. The van der Waals surface area contributed by atoms with Crippen LogP contribution in [0.1, 0.15) is 53.5 Å². The first-order valence-electron chi connectivity index (χ1n) is 13.9. The Hall–Kier alpha value is -4.32. The molecule has 12 nitrogen and oxygen atoms in total. The number of benzene rings is 2. The van der Waals surface area contributed by atoms with Gasteiger partial charge in [0.2, 0.25) is 0 Å². The average molecular weight is 604 g/mol. The van der Waals surface area contributed by atoms with Crippen LogP contribution in [0.3, 0.4) is 0 Å². The van der Waals surface area contributed by atoms with Crippen molar-refractivity contribution in [2.45, 2.75) is 72.1 Å². The van der Waals surface area contributed by atoms with Gasteiger partial charge in [-0.25, -0.2) is 14.4 Å². The van der Waals surface area contributed by atoms with Gasteiger partial charge in [-0.1, -0.05) is 52.0 Å². The number of carbonyl (C=O) groups excluding carboxylic acids is 4. The van der Waals surface area contributed by atoms with E-state index < -0.39 is 42.2 Å². The van der Waals surface area contributed by atoms with Gasteiger partial charge in [-0.05, 0) is 55.5 Å². The highest BCUT2D eigenvalue weighted by molar-refractivity contribution is 5.81. The molecule has 2 N–H and O–H groups in total. The summed E-state index contributed by atoms with van der Waals surface area (Å²) in [6, 6.07) is 12.6. The second kappa shape index (κ2) is 16.4. The maximum Gasteiger partial charge on any atom is 0.514 e. The lowest BCUT2D eigenvalue weighted by Crippen LogP contribution is -2.51. The lowest BCUT2D eigenvalue weighted by molar-refractivity contribution is -0.147. The molecule has 0 aliphatic heterocycles. The van der Waals surface area contributed by atoms with Crippen LogP contribution >= 0.6 is 0 Å². The lowest BCUT2D eigenvalue weighted by atomic mass is 9.88. The van der Waals surface area contributed by atoms with E-state index >= 15 is 0 Å². The van der Waals surface area contributed by atoms with Crippen LogP contribution in [-0.4, -0.2) is 55.9 Å². The van der Waals surface area contributed by atoms with Gasteiger partial charge in [0.25, 0.3) is 0 Å². The van der Waals surface area contributed by atoms with Crippen LogP contribution in [0.25, 0.3) is 0 Å².